The van der Waals surface area contributed by atoms with Gasteiger partial charge in [-0.1, -0.05) is 6.07 Å². The van der Waals surface area contributed by atoms with Gasteiger partial charge in [-0.05, 0) is 25.5 Å². The molecule has 1 atom stereocenters. The van der Waals surface area contributed by atoms with Crippen molar-refractivity contribution < 1.29 is 14.3 Å². The third kappa shape index (κ3) is 3.04. The average Bonchev–Trinajstić information content (AvgIpc) is 2.97. The first kappa shape index (κ1) is 14.7. The van der Waals surface area contributed by atoms with Crippen LogP contribution in [0, 0.1) is 5.92 Å². The van der Waals surface area contributed by atoms with Crippen LogP contribution in [0.25, 0.3) is 0 Å². The van der Waals surface area contributed by atoms with Gasteiger partial charge in [-0.25, -0.2) is 0 Å². The predicted octanol–water partition coefficient (Wildman–Crippen LogP) is 1.78. The second kappa shape index (κ2) is 6.61. The molecule has 2 rings (SSSR count). The fourth-order valence-corrected chi connectivity index (χ4v) is 2.47. The van der Waals surface area contributed by atoms with Gasteiger partial charge in [0, 0.05) is 25.6 Å². The van der Waals surface area contributed by atoms with Crippen LogP contribution in [0.3, 0.4) is 0 Å². The molecule has 0 aliphatic carbocycles. The molecule has 0 radical (unpaired) electrons. The van der Waals surface area contributed by atoms with Crippen LogP contribution in [-0.2, 0) is 4.74 Å². The number of para-hydroxylation sites is 1. The number of nitrogen functional groups attached to an aromatic ring is 1. The Morgan fingerprint density at radius 3 is 2.95 bits per heavy atom. The smallest absolute Gasteiger partial charge is 0.256 e. The Morgan fingerprint density at radius 2 is 2.35 bits per heavy atom. The van der Waals surface area contributed by atoms with E-state index in [2.05, 4.69) is 0 Å². The Balaban J connectivity index is 2.15. The second-order valence-corrected chi connectivity index (χ2v) is 4.99. The maximum Gasteiger partial charge on any atom is 0.256 e. The van der Waals surface area contributed by atoms with Crippen molar-refractivity contribution in [3.05, 3.63) is 23.8 Å². The molecule has 2 N–H and O–H groups in total. The molecule has 5 heteroatoms. The molecule has 0 bridgehead atoms. The molecule has 1 aromatic carbocycles. The Morgan fingerprint density at radius 1 is 1.55 bits per heavy atom. The zero-order valence-electron chi connectivity index (χ0n) is 12.1. The molecule has 1 saturated heterocycles. The standard InChI is InChI=1S/C15H22N2O3/c1-3-17(9-11-7-8-20-10-11)15(18)12-5-4-6-13(19-2)14(12)16/h4-6,11H,3,7-10,16H2,1-2H3. The molecule has 110 valence electrons. The highest BCUT2D eigenvalue weighted by molar-refractivity contribution is 6.00. The third-order valence-electron chi connectivity index (χ3n) is 3.69. The van der Waals surface area contributed by atoms with Crippen molar-refractivity contribution in [2.75, 3.05) is 39.1 Å². The van der Waals surface area contributed by atoms with Crippen LogP contribution in [-0.4, -0.2) is 44.2 Å². The van der Waals surface area contributed by atoms with Crippen molar-refractivity contribution in [3.8, 4) is 5.75 Å². The van der Waals surface area contributed by atoms with Crippen LogP contribution in [0.5, 0.6) is 5.75 Å². The number of ether oxygens (including phenoxy) is 2. The lowest BCUT2D eigenvalue weighted by Crippen LogP contribution is -2.35. The molecule has 1 heterocycles. The normalized spacial score (nSPS) is 18.0. The van der Waals surface area contributed by atoms with E-state index in [0.29, 0.717) is 36.0 Å². The molecular formula is C15H22N2O3. The van der Waals surface area contributed by atoms with Gasteiger partial charge in [-0.2, -0.15) is 0 Å². The van der Waals surface area contributed by atoms with Gasteiger partial charge in [0.2, 0.25) is 0 Å². The van der Waals surface area contributed by atoms with Crippen LogP contribution in [0.1, 0.15) is 23.7 Å². The second-order valence-electron chi connectivity index (χ2n) is 4.99. The van der Waals surface area contributed by atoms with Crippen LogP contribution in [0.15, 0.2) is 18.2 Å². The number of carbonyl (C=O) groups is 1. The van der Waals surface area contributed by atoms with Gasteiger partial charge in [-0.3, -0.25) is 4.79 Å². The van der Waals surface area contributed by atoms with Gasteiger partial charge in [0.25, 0.3) is 5.91 Å². The summed E-state index contributed by atoms with van der Waals surface area (Å²) in [6.45, 7) is 4.87. The zero-order valence-corrected chi connectivity index (χ0v) is 12.1. The number of hydrogen-bond acceptors (Lipinski definition) is 4. The van der Waals surface area contributed by atoms with Crippen LogP contribution in [0.2, 0.25) is 0 Å². The van der Waals surface area contributed by atoms with Crippen molar-refractivity contribution in [1.29, 1.82) is 0 Å². The monoisotopic (exact) mass is 278 g/mol. The summed E-state index contributed by atoms with van der Waals surface area (Å²) in [6, 6.07) is 5.29. The molecule has 0 aromatic heterocycles. The summed E-state index contributed by atoms with van der Waals surface area (Å²) in [5, 5.41) is 0. The van der Waals surface area contributed by atoms with E-state index in [4.69, 9.17) is 15.2 Å². The minimum absolute atomic E-state index is 0.0456. The van der Waals surface area contributed by atoms with Gasteiger partial charge in [0.05, 0.1) is 25.0 Å². The maximum atomic E-state index is 12.6. The first-order chi connectivity index (χ1) is 9.67. The van der Waals surface area contributed by atoms with Crippen molar-refractivity contribution in [2.24, 2.45) is 5.92 Å². The number of benzene rings is 1. The number of amides is 1. The van der Waals surface area contributed by atoms with Gasteiger partial charge in [0.15, 0.2) is 0 Å². The van der Waals surface area contributed by atoms with Crippen LogP contribution in [0.4, 0.5) is 5.69 Å². The fraction of sp³-hybridized carbons (Fsp3) is 0.533. The van der Waals surface area contributed by atoms with Crippen LogP contribution >= 0.6 is 0 Å². The largest absolute Gasteiger partial charge is 0.495 e. The summed E-state index contributed by atoms with van der Waals surface area (Å²) in [7, 11) is 1.55. The quantitative estimate of drug-likeness (QED) is 0.834. The summed E-state index contributed by atoms with van der Waals surface area (Å²) < 4.78 is 10.5. The molecule has 20 heavy (non-hydrogen) atoms. The minimum Gasteiger partial charge on any atom is -0.495 e. The Kier molecular flexibility index (Phi) is 4.84. The van der Waals surface area contributed by atoms with E-state index in [1.54, 1.807) is 25.3 Å². The first-order valence-corrected chi connectivity index (χ1v) is 6.96. The number of nitrogens with zero attached hydrogens (tertiary/aromatic N) is 1. The summed E-state index contributed by atoms with van der Waals surface area (Å²) >= 11 is 0. The summed E-state index contributed by atoms with van der Waals surface area (Å²) in [5.41, 5.74) is 6.91. The lowest BCUT2D eigenvalue weighted by Gasteiger charge is -2.24. The highest BCUT2D eigenvalue weighted by atomic mass is 16.5. The third-order valence-corrected chi connectivity index (χ3v) is 3.69. The van der Waals surface area contributed by atoms with Crippen molar-refractivity contribution in [3.63, 3.8) is 0 Å². The van der Waals surface area contributed by atoms with E-state index in [0.717, 1.165) is 19.6 Å². The van der Waals surface area contributed by atoms with Gasteiger partial charge in [-0.15, -0.1) is 0 Å². The van der Waals surface area contributed by atoms with Crippen molar-refractivity contribution >= 4 is 11.6 Å². The highest BCUT2D eigenvalue weighted by Gasteiger charge is 2.24. The minimum atomic E-state index is -0.0456. The maximum absolute atomic E-state index is 12.6. The number of anilines is 1. The SMILES string of the molecule is CCN(CC1CCOC1)C(=O)c1cccc(OC)c1N. The van der Waals surface area contributed by atoms with Crippen molar-refractivity contribution in [1.82, 2.24) is 4.90 Å². The molecule has 0 saturated carbocycles. The van der Waals surface area contributed by atoms with E-state index in [1.165, 1.54) is 0 Å². The predicted molar refractivity (Wildman–Crippen MR) is 77.9 cm³/mol. The Hall–Kier alpha value is -1.75. The van der Waals surface area contributed by atoms with E-state index in [-0.39, 0.29) is 5.91 Å². The topological polar surface area (TPSA) is 64.8 Å². The van der Waals surface area contributed by atoms with E-state index in [1.807, 2.05) is 11.8 Å². The zero-order chi connectivity index (χ0) is 14.5. The summed E-state index contributed by atoms with van der Waals surface area (Å²) in [4.78, 5) is 14.4. The molecule has 0 spiro atoms. The fourth-order valence-electron chi connectivity index (χ4n) is 2.47. The van der Waals surface area contributed by atoms with Crippen LogP contribution < -0.4 is 10.5 Å². The molecule has 1 aliphatic heterocycles. The highest BCUT2D eigenvalue weighted by Crippen LogP contribution is 2.26. The summed E-state index contributed by atoms with van der Waals surface area (Å²) in [6.07, 6.45) is 1.01. The number of rotatable bonds is 5. The van der Waals surface area contributed by atoms with Gasteiger partial charge < -0.3 is 20.1 Å². The Bertz CT molecular complexity index is 470. The molecule has 1 aromatic rings. The van der Waals surface area contributed by atoms with Crippen molar-refractivity contribution in [2.45, 2.75) is 13.3 Å². The molecule has 1 aliphatic rings. The number of methoxy groups -OCH3 is 1. The van der Waals surface area contributed by atoms with E-state index < -0.39 is 0 Å². The molecule has 1 unspecified atom stereocenters. The van der Waals surface area contributed by atoms with E-state index >= 15 is 0 Å². The lowest BCUT2D eigenvalue weighted by molar-refractivity contribution is 0.0731. The average molecular weight is 278 g/mol. The Labute approximate surface area is 119 Å². The summed E-state index contributed by atoms with van der Waals surface area (Å²) in [5.74, 6) is 0.914. The number of nitrogens with two attached hydrogens (primary N) is 1. The first-order valence-electron chi connectivity index (χ1n) is 6.96. The number of carbonyl (C=O) groups excluding carboxylic acids is 1. The van der Waals surface area contributed by atoms with Gasteiger partial charge >= 0.3 is 0 Å². The lowest BCUT2D eigenvalue weighted by atomic mass is 10.1. The molecule has 1 fully saturated rings. The molecular weight excluding hydrogens is 256 g/mol. The van der Waals surface area contributed by atoms with Gasteiger partial charge in [0.1, 0.15) is 5.75 Å². The number of hydrogen-bond donors (Lipinski definition) is 1. The molecule has 1 amide bonds. The van der Waals surface area contributed by atoms with E-state index in [9.17, 15) is 4.79 Å². The molecule has 5 nitrogen and oxygen atoms in total.